The fourth-order valence-corrected chi connectivity index (χ4v) is 2.01. The molecule has 0 fully saturated rings. The van der Waals surface area contributed by atoms with Crippen molar-refractivity contribution in [2.75, 3.05) is 11.9 Å². The van der Waals surface area contributed by atoms with Crippen LogP contribution >= 0.6 is 15.9 Å². The summed E-state index contributed by atoms with van der Waals surface area (Å²) in [6, 6.07) is 3.51. The van der Waals surface area contributed by atoms with Crippen LogP contribution in [0.3, 0.4) is 0 Å². The van der Waals surface area contributed by atoms with Gasteiger partial charge in [-0.05, 0) is 35.8 Å². The number of pyridine rings is 1. The molecule has 2 heterocycles. The fourth-order valence-electron chi connectivity index (χ4n) is 1.68. The molecule has 0 saturated heterocycles. The first kappa shape index (κ1) is 14.5. The predicted octanol–water partition coefficient (Wildman–Crippen LogP) is 2.50. The van der Waals surface area contributed by atoms with Crippen LogP contribution in [0.25, 0.3) is 0 Å². The van der Waals surface area contributed by atoms with Gasteiger partial charge in [0.15, 0.2) is 5.76 Å². The molecule has 0 aromatic carbocycles. The molecule has 6 nitrogen and oxygen atoms in total. The maximum atomic E-state index is 12.2. The van der Waals surface area contributed by atoms with E-state index in [4.69, 9.17) is 4.52 Å². The summed E-state index contributed by atoms with van der Waals surface area (Å²) in [5.41, 5.74) is 1.27. The number of halogens is 1. The molecule has 7 heteroatoms. The van der Waals surface area contributed by atoms with Gasteiger partial charge in [0, 0.05) is 23.3 Å². The molecule has 0 saturated carbocycles. The van der Waals surface area contributed by atoms with Crippen LogP contribution in [0.1, 0.15) is 28.7 Å². The van der Waals surface area contributed by atoms with Gasteiger partial charge in [-0.3, -0.25) is 4.79 Å². The minimum atomic E-state index is -0.219. The van der Waals surface area contributed by atoms with E-state index in [0.717, 1.165) is 10.2 Å². The van der Waals surface area contributed by atoms with E-state index in [0.29, 0.717) is 23.7 Å². The number of carbonyl (C=O) groups is 1. The summed E-state index contributed by atoms with van der Waals surface area (Å²) in [6.07, 6.45) is 1.65. The molecule has 1 amide bonds. The predicted molar refractivity (Wildman–Crippen MR) is 78.5 cm³/mol. The molecular formula is C13H15BrN4O2. The zero-order valence-electron chi connectivity index (χ0n) is 11.2. The molecule has 2 N–H and O–H groups in total. The van der Waals surface area contributed by atoms with Crippen LogP contribution in [-0.4, -0.2) is 22.6 Å². The van der Waals surface area contributed by atoms with E-state index in [9.17, 15) is 4.79 Å². The van der Waals surface area contributed by atoms with Crippen LogP contribution in [0.5, 0.6) is 0 Å². The first-order valence-corrected chi connectivity index (χ1v) is 6.99. The second kappa shape index (κ2) is 6.51. The van der Waals surface area contributed by atoms with Crippen LogP contribution in [0, 0.1) is 6.92 Å². The average Bonchev–Trinajstić information content (AvgIpc) is 2.84. The van der Waals surface area contributed by atoms with Gasteiger partial charge in [-0.15, -0.1) is 0 Å². The highest BCUT2D eigenvalue weighted by Gasteiger charge is 2.13. The topological polar surface area (TPSA) is 80.0 Å². The number of hydrogen-bond acceptors (Lipinski definition) is 5. The van der Waals surface area contributed by atoms with Gasteiger partial charge in [0.1, 0.15) is 5.82 Å². The summed E-state index contributed by atoms with van der Waals surface area (Å²) in [4.78, 5) is 16.4. The van der Waals surface area contributed by atoms with Crippen molar-refractivity contribution in [3.05, 3.63) is 39.8 Å². The second-order valence-corrected chi connectivity index (χ2v) is 5.11. The van der Waals surface area contributed by atoms with E-state index in [1.807, 2.05) is 13.8 Å². The maximum absolute atomic E-state index is 12.2. The Kier molecular flexibility index (Phi) is 4.73. The smallest absolute Gasteiger partial charge is 0.255 e. The molecule has 0 atom stereocenters. The summed E-state index contributed by atoms with van der Waals surface area (Å²) >= 11 is 3.32. The van der Waals surface area contributed by atoms with Crippen molar-refractivity contribution in [1.82, 2.24) is 15.5 Å². The highest BCUT2D eigenvalue weighted by Crippen LogP contribution is 2.18. The third-order valence-corrected chi connectivity index (χ3v) is 2.98. The Morgan fingerprint density at radius 1 is 1.45 bits per heavy atom. The zero-order valence-corrected chi connectivity index (χ0v) is 12.8. The summed E-state index contributed by atoms with van der Waals surface area (Å²) in [6.45, 7) is 4.76. The SMILES string of the molecule is CCNc1ncc(Br)cc1C(=O)NCc1cc(C)no1. The molecule has 106 valence electrons. The zero-order chi connectivity index (χ0) is 14.5. The van der Waals surface area contributed by atoms with E-state index in [-0.39, 0.29) is 12.5 Å². The van der Waals surface area contributed by atoms with Crippen LogP contribution in [0.4, 0.5) is 5.82 Å². The number of nitrogens with one attached hydrogen (secondary N) is 2. The molecule has 0 spiro atoms. The fraction of sp³-hybridized carbons (Fsp3) is 0.308. The molecule has 0 aliphatic carbocycles. The molecule has 0 unspecified atom stereocenters. The van der Waals surface area contributed by atoms with Crippen molar-refractivity contribution in [2.45, 2.75) is 20.4 Å². The monoisotopic (exact) mass is 338 g/mol. The largest absolute Gasteiger partial charge is 0.370 e. The molecule has 0 aliphatic heterocycles. The van der Waals surface area contributed by atoms with Gasteiger partial charge in [-0.1, -0.05) is 5.16 Å². The van der Waals surface area contributed by atoms with Gasteiger partial charge < -0.3 is 15.2 Å². The van der Waals surface area contributed by atoms with Gasteiger partial charge in [-0.2, -0.15) is 0 Å². The molecule has 20 heavy (non-hydrogen) atoms. The number of anilines is 1. The molecule has 2 aromatic rings. The van der Waals surface area contributed by atoms with E-state index in [1.54, 1.807) is 18.3 Å². The third-order valence-electron chi connectivity index (χ3n) is 2.54. The van der Waals surface area contributed by atoms with Gasteiger partial charge in [0.05, 0.1) is 17.8 Å². The first-order chi connectivity index (χ1) is 9.60. The van der Waals surface area contributed by atoms with E-state index < -0.39 is 0 Å². The highest BCUT2D eigenvalue weighted by molar-refractivity contribution is 9.10. The number of aromatic nitrogens is 2. The number of rotatable bonds is 5. The normalized spacial score (nSPS) is 10.3. The lowest BCUT2D eigenvalue weighted by Crippen LogP contribution is -2.24. The van der Waals surface area contributed by atoms with E-state index in [1.165, 1.54) is 0 Å². The summed E-state index contributed by atoms with van der Waals surface area (Å²) in [5.74, 6) is 0.953. The molecule has 0 aliphatic rings. The first-order valence-electron chi connectivity index (χ1n) is 6.20. The van der Waals surface area contributed by atoms with Crippen LogP contribution in [0.2, 0.25) is 0 Å². The van der Waals surface area contributed by atoms with Crippen LogP contribution < -0.4 is 10.6 Å². The average molecular weight is 339 g/mol. The van der Waals surface area contributed by atoms with Crippen molar-refractivity contribution in [3.8, 4) is 0 Å². The van der Waals surface area contributed by atoms with Crippen molar-refractivity contribution in [1.29, 1.82) is 0 Å². The minimum Gasteiger partial charge on any atom is -0.370 e. The number of nitrogens with zero attached hydrogens (tertiary/aromatic N) is 2. The summed E-state index contributed by atoms with van der Waals surface area (Å²) < 4.78 is 5.80. The Hall–Kier alpha value is -1.89. The van der Waals surface area contributed by atoms with Gasteiger partial charge in [-0.25, -0.2) is 4.98 Å². The Labute approximate surface area is 125 Å². The Balaban J connectivity index is 2.09. The Morgan fingerprint density at radius 2 is 2.25 bits per heavy atom. The quantitative estimate of drug-likeness (QED) is 0.875. The van der Waals surface area contributed by atoms with Crippen molar-refractivity contribution in [2.24, 2.45) is 0 Å². The molecule has 0 radical (unpaired) electrons. The van der Waals surface area contributed by atoms with Crippen LogP contribution in [0.15, 0.2) is 27.3 Å². The highest BCUT2D eigenvalue weighted by atomic mass is 79.9. The molecule has 2 aromatic heterocycles. The standard InChI is InChI=1S/C13H15BrN4O2/c1-3-15-12-11(5-9(14)6-16-12)13(19)17-7-10-4-8(2)18-20-10/h4-6H,3,7H2,1-2H3,(H,15,16)(H,17,19). The van der Waals surface area contributed by atoms with Crippen molar-refractivity contribution >= 4 is 27.7 Å². The van der Waals surface area contributed by atoms with E-state index in [2.05, 4.69) is 36.7 Å². The molecule has 2 rings (SSSR count). The lowest BCUT2D eigenvalue weighted by Gasteiger charge is -2.09. The maximum Gasteiger partial charge on any atom is 0.255 e. The Bertz CT molecular complexity index is 612. The summed E-state index contributed by atoms with van der Waals surface area (Å²) in [5, 5.41) is 9.61. The summed E-state index contributed by atoms with van der Waals surface area (Å²) in [7, 11) is 0. The number of aryl methyl sites for hydroxylation is 1. The van der Waals surface area contributed by atoms with Crippen molar-refractivity contribution < 1.29 is 9.32 Å². The minimum absolute atomic E-state index is 0.219. The lowest BCUT2D eigenvalue weighted by atomic mass is 10.2. The number of amides is 1. The third kappa shape index (κ3) is 3.57. The van der Waals surface area contributed by atoms with Crippen LogP contribution in [-0.2, 0) is 6.54 Å². The van der Waals surface area contributed by atoms with E-state index >= 15 is 0 Å². The second-order valence-electron chi connectivity index (χ2n) is 4.20. The van der Waals surface area contributed by atoms with Gasteiger partial charge in [0.25, 0.3) is 5.91 Å². The van der Waals surface area contributed by atoms with Gasteiger partial charge in [0.2, 0.25) is 0 Å². The number of carbonyl (C=O) groups excluding carboxylic acids is 1. The van der Waals surface area contributed by atoms with Gasteiger partial charge >= 0.3 is 0 Å². The molecule has 0 bridgehead atoms. The Morgan fingerprint density at radius 3 is 2.90 bits per heavy atom. The number of hydrogen-bond donors (Lipinski definition) is 2. The van der Waals surface area contributed by atoms with Crippen molar-refractivity contribution in [3.63, 3.8) is 0 Å². The molecular weight excluding hydrogens is 324 g/mol. The lowest BCUT2D eigenvalue weighted by molar-refractivity contribution is 0.0947.